The minimum atomic E-state index is -0.120. The van der Waals surface area contributed by atoms with Crippen molar-refractivity contribution in [3.63, 3.8) is 0 Å². The van der Waals surface area contributed by atoms with Gasteiger partial charge in [0.1, 0.15) is 0 Å². The molecule has 4 rings (SSSR count). The quantitative estimate of drug-likeness (QED) is 0.203. The molecule has 0 heterocycles. The van der Waals surface area contributed by atoms with Gasteiger partial charge in [0, 0.05) is 22.4 Å². The van der Waals surface area contributed by atoms with Crippen LogP contribution in [0.25, 0.3) is 11.1 Å². The SMILES string of the molecule is CC(C)c1cc(C(C)C)c(-c2ccccc2P(C2CCCCC2)C2CCCCC2)c(C(C)C)c1.[Au]. The summed E-state index contributed by atoms with van der Waals surface area (Å²) in [7, 11) is -0.120. The second-order valence-electron chi connectivity index (χ2n) is 12.0. The van der Waals surface area contributed by atoms with E-state index >= 15 is 0 Å². The zero-order chi connectivity index (χ0) is 24.2. The van der Waals surface area contributed by atoms with Crippen LogP contribution < -0.4 is 5.30 Å². The van der Waals surface area contributed by atoms with Crippen LogP contribution >= 0.6 is 7.92 Å². The molecule has 0 bridgehead atoms. The van der Waals surface area contributed by atoms with Gasteiger partial charge in [-0.3, -0.25) is 0 Å². The Kier molecular flexibility index (Phi) is 11.2. The average Bonchev–Trinajstić information content (AvgIpc) is 2.85. The summed E-state index contributed by atoms with van der Waals surface area (Å²) in [4.78, 5) is 0. The second kappa shape index (κ2) is 13.4. The summed E-state index contributed by atoms with van der Waals surface area (Å²) in [6.45, 7) is 14.3. The number of benzene rings is 2. The topological polar surface area (TPSA) is 0 Å². The van der Waals surface area contributed by atoms with E-state index < -0.39 is 0 Å². The van der Waals surface area contributed by atoms with Crippen LogP contribution in [0.4, 0.5) is 0 Å². The Bertz CT molecular complexity index is 885. The molecule has 1 radical (unpaired) electrons. The van der Waals surface area contributed by atoms with Crippen LogP contribution in [0.5, 0.6) is 0 Å². The van der Waals surface area contributed by atoms with Crippen molar-refractivity contribution in [3.8, 4) is 11.1 Å². The Morgan fingerprint density at radius 3 is 1.51 bits per heavy atom. The maximum atomic E-state index is 2.56. The summed E-state index contributed by atoms with van der Waals surface area (Å²) in [5.41, 5.74) is 9.71. The zero-order valence-electron chi connectivity index (χ0n) is 23.2. The van der Waals surface area contributed by atoms with Crippen LogP contribution in [0.15, 0.2) is 36.4 Å². The van der Waals surface area contributed by atoms with Gasteiger partial charge < -0.3 is 0 Å². The summed E-state index contributed by atoms with van der Waals surface area (Å²) in [6.07, 6.45) is 14.6. The number of hydrogen-bond acceptors (Lipinski definition) is 0. The van der Waals surface area contributed by atoms with E-state index in [1.807, 2.05) is 0 Å². The molecule has 2 heteroatoms. The molecular weight excluding hydrogens is 624 g/mol. The molecule has 2 aromatic rings. The minimum absolute atomic E-state index is 0. The van der Waals surface area contributed by atoms with Gasteiger partial charge in [-0.05, 0) is 87.9 Å². The molecule has 0 N–H and O–H groups in total. The van der Waals surface area contributed by atoms with E-state index in [1.165, 1.54) is 69.8 Å². The first-order chi connectivity index (χ1) is 16.4. The van der Waals surface area contributed by atoms with Crippen molar-refractivity contribution in [1.82, 2.24) is 0 Å². The second-order valence-corrected chi connectivity index (χ2v) is 14.8. The first kappa shape index (κ1) is 29.2. The molecule has 2 saturated carbocycles. The van der Waals surface area contributed by atoms with Crippen LogP contribution in [0.3, 0.4) is 0 Å². The van der Waals surface area contributed by atoms with Gasteiger partial charge in [0.25, 0.3) is 0 Å². The Labute approximate surface area is 233 Å². The summed E-state index contributed by atoms with van der Waals surface area (Å²) in [5.74, 6) is 1.64. The fraction of sp³-hybridized carbons (Fsp3) is 0.636. The van der Waals surface area contributed by atoms with Gasteiger partial charge >= 0.3 is 0 Å². The summed E-state index contributed by atoms with van der Waals surface area (Å²) >= 11 is 0. The molecule has 2 aliphatic carbocycles. The molecule has 35 heavy (non-hydrogen) atoms. The predicted octanol–water partition coefficient (Wildman–Crippen LogP) is 10.5. The standard InChI is InChI=1S/C33H49P.Au/c1-23(2)26-21-30(24(3)4)33(31(22-26)25(5)6)29-19-13-14-20-32(29)34(27-15-9-7-10-16-27)28-17-11-8-12-18-28;/h13-14,19-25,27-28H,7-12,15-18H2,1-6H3;. The van der Waals surface area contributed by atoms with Crippen LogP contribution in [0.2, 0.25) is 0 Å². The van der Waals surface area contributed by atoms with Gasteiger partial charge in [-0.1, -0.05) is 124 Å². The third kappa shape index (κ3) is 6.74. The van der Waals surface area contributed by atoms with E-state index in [1.54, 1.807) is 27.6 Å². The molecule has 0 aromatic heterocycles. The average molecular weight is 674 g/mol. The molecule has 0 amide bonds. The summed E-state index contributed by atoms with van der Waals surface area (Å²) in [6, 6.07) is 14.8. The van der Waals surface area contributed by atoms with Gasteiger partial charge in [0.2, 0.25) is 0 Å². The molecule has 0 spiro atoms. The third-order valence-electron chi connectivity index (χ3n) is 8.52. The fourth-order valence-corrected chi connectivity index (χ4v) is 10.5. The van der Waals surface area contributed by atoms with Crippen LogP contribution in [0, 0.1) is 0 Å². The van der Waals surface area contributed by atoms with Crippen molar-refractivity contribution >= 4 is 13.2 Å². The molecule has 0 nitrogen and oxygen atoms in total. The molecule has 197 valence electrons. The smallest absolute Gasteiger partial charge is 0 e. The molecule has 0 saturated heterocycles. The summed E-state index contributed by atoms with van der Waals surface area (Å²) < 4.78 is 0. The van der Waals surface area contributed by atoms with Crippen LogP contribution in [-0.4, -0.2) is 11.3 Å². The Balaban J connectivity index is 0.00000342. The van der Waals surface area contributed by atoms with Crippen molar-refractivity contribution in [2.75, 3.05) is 0 Å². The Morgan fingerprint density at radius 2 is 1.09 bits per heavy atom. The van der Waals surface area contributed by atoms with Crippen molar-refractivity contribution in [2.24, 2.45) is 0 Å². The van der Waals surface area contributed by atoms with Crippen LogP contribution in [-0.2, 0) is 22.4 Å². The monoisotopic (exact) mass is 673 g/mol. The molecular formula is C33H49AuP. The molecule has 2 aliphatic rings. The van der Waals surface area contributed by atoms with Gasteiger partial charge in [-0.2, -0.15) is 0 Å². The van der Waals surface area contributed by atoms with Crippen LogP contribution in [0.1, 0.15) is 140 Å². The first-order valence-electron chi connectivity index (χ1n) is 14.4. The van der Waals surface area contributed by atoms with E-state index in [2.05, 4.69) is 77.9 Å². The van der Waals surface area contributed by atoms with E-state index in [0.29, 0.717) is 17.8 Å². The van der Waals surface area contributed by atoms with Crippen molar-refractivity contribution in [1.29, 1.82) is 0 Å². The van der Waals surface area contributed by atoms with Gasteiger partial charge in [-0.25, -0.2) is 0 Å². The van der Waals surface area contributed by atoms with Crippen molar-refractivity contribution in [2.45, 2.75) is 135 Å². The van der Waals surface area contributed by atoms with Gasteiger partial charge in [0.15, 0.2) is 0 Å². The number of hydrogen-bond donors (Lipinski definition) is 0. The molecule has 0 aliphatic heterocycles. The Morgan fingerprint density at radius 1 is 0.629 bits per heavy atom. The van der Waals surface area contributed by atoms with E-state index in [4.69, 9.17) is 0 Å². The molecule has 2 aromatic carbocycles. The normalized spacial score (nSPS) is 18.0. The molecule has 2 fully saturated rings. The molecule has 0 unspecified atom stereocenters. The third-order valence-corrected chi connectivity index (χ3v) is 12.1. The zero-order valence-corrected chi connectivity index (χ0v) is 26.2. The predicted molar refractivity (Wildman–Crippen MR) is 154 cm³/mol. The van der Waals surface area contributed by atoms with Crippen molar-refractivity contribution < 1.29 is 22.4 Å². The maximum Gasteiger partial charge on any atom is 0 e. The number of rotatable bonds is 7. The van der Waals surface area contributed by atoms with Gasteiger partial charge in [0.05, 0.1) is 0 Å². The first-order valence-corrected chi connectivity index (χ1v) is 15.9. The fourth-order valence-electron chi connectivity index (χ4n) is 6.59. The maximum absolute atomic E-state index is 2.56. The van der Waals surface area contributed by atoms with E-state index in [-0.39, 0.29) is 30.3 Å². The Hall–Kier alpha value is -0.390. The minimum Gasteiger partial charge on any atom is -0.0683 e. The van der Waals surface area contributed by atoms with Crippen molar-refractivity contribution in [3.05, 3.63) is 53.1 Å². The van der Waals surface area contributed by atoms with E-state index in [9.17, 15) is 0 Å². The largest absolute Gasteiger partial charge is 0.0683 e. The van der Waals surface area contributed by atoms with E-state index in [0.717, 1.165) is 11.3 Å². The van der Waals surface area contributed by atoms with Gasteiger partial charge in [-0.15, -0.1) is 0 Å². The summed E-state index contributed by atoms with van der Waals surface area (Å²) in [5, 5.41) is 1.75. The molecule has 0 atom stereocenters.